The molecule has 2 aromatic carbocycles. The molecule has 0 heterocycles. The minimum atomic E-state index is -4.76. The minimum absolute atomic E-state index is 0.107. The van der Waals surface area contributed by atoms with Gasteiger partial charge in [0, 0.05) is 12.1 Å². The molecule has 0 radical (unpaired) electrons. The highest BCUT2D eigenvalue weighted by Gasteiger charge is 2.38. The summed E-state index contributed by atoms with van der Waals surface area (Å²) in [6.07, 6.45) is -1.50. The van der Waals surface area contributed by atoms with E-state index in [0.29, 0.717) is 17.7 Å². The number of halogens is 4. The molecule has 36 heavy (non-hydrogen) atoms. The van der Waals surface area contributed by atoms with E-state index in [1.165, 1.54) is 38.1 Å². The van der Waals surface area contributed by atoms with Gasteiger partial charge in [-0.05, 0) is 67.8 Å². The Kier molecular flexibility index (Phi) is 7.53. The Labute approximate surface area is 205 Å². The Morgan fingerprint density at radius 2 is 1.83 bits per heavy atom. The van der Waals surface area contributed by atoms with Crippen molar-refractivity contribution in [2.24, 2.45) is 0 Å². The van der Waals surface area contributed by atoms with Crippen LogP contribution < -0.4 is 10.6 Å². The van der Waals surface area contributed by atoms with Crippen LogP contribution in [0.2, 0.25) is 0 Å². The Bertz CT molecular complexity index is 1300. The molecule has 3 rings (SSSR count). The fourth-order valence-corrected chi connectivity index (χ4v) is 3.61. The summed E-state index contributed by atoms with van der Waals surface area (Å²) in [7, 11) is 0. The summed E-state index contributed by atoms with van der Waals surface area (Å²) in [5.74, 6) is -0.790. The van der Waals surface area contributed by atoms with Crippen LogP contribution in [0.1, 0.15) is 43.9 Å². The summed E-state index contributed by atoms with van der Waals surface area (Å²) < 4.78 is 60.8. The Hall–Kier alpha value is -4.13. The SMILES string of the molecule is CCOC1=CC(c2ccc(NC(=O)Nc3ccc(C(C)(C)C#N)c(C(F)(F)F)c3)c(F)c2)=CCC1=O. The lowest BCUT2D eigenvalue weighted by atomic mass is 9.83. The third-order valence-electron chi connectivity index (χ3n) is 5.45. The van der Waals surface area contributed by atoms with Gasteiger partial charge in [-0.2, -0.15) is 18.4 Å². The number of Topliss-reactive ketones (excluding diaryl/α,β-unsaturated/α-hetero) is 1. The summed E-state index contributed by atoms with van der Waals surface area (Å²) in [4.78, 5) is 24.2. The van der Waals surface area contributed by atoms with Crippen LogP contribution in [0.3, 0.4) is 0 Å². The molecule has 2 N–H and O–H groups in total. The largest absolute Gasteiger partial charge is 0.490 e. The second-order valence-corrected chi connectivity index (χ2v) is 8.50. The molecular formula is C26H23F4N3O3. The predicted octanol–water partition coefficient (Wildman–Crippen LogP) is 6.57. The number of nitriles is 1. The summed E-state index contributed by atoms with van der Waals surface area (Å²) in [5.41, 5.74) is -2.04. The number of amides is 2. The highest BCUT2D eigenvalue weighted by atomic mass is 19.4. The number of nitrogens with zero attached hydrogens (tertiary/aromatic N) is 1. The van der Waals surface area contributed by atoms with Crippen LogP contribution in [-0.4, -0.2) is 18.4 Å². The molecule has 0 bridgehead atoms. The molecule has 10 heteroatoms. The number of benzene rings is 2. The van der Waals surface area contributed by atoms with E-state index in [4.69, 9.17) is 4.74 Å². The van der Waals surface area contributed by atoms with Crippen LogP contribution >= 0.6 is 0 Å². The molecule has 1 aliphatic rings. The molecule has 0 aliphatic heterocycles. The van der Waals surface area contributed by atoms with E-state index in [1.807, 2.05) is 6.07 Å². The third-order valence-corrected chi connectivity index (χ3v) is 5.45. The van der Waals surface area contributed by atoms with Crippen molar-refractivity contribution in [1.82, 2.24) is 0 Å². The van der Waals surface area contributed by atoms with Crippen molar-refractivity contribution in [3.8, 4) is 6.07 Å². The van der Waals surface area contributed by atoms with Crippen molar-refractivity contribution in [3.05, 3.63) is 76.8 Å². The summed E-state index contributed by atoms with van der Waals surface area (Å²) in [5, 5.41) is 13.8. The lowest BCUT2D eigenvalue weighted by Crippen LogP contribution is -2.23. The normalized spacial score (nSPS) is 13.9. The average molecular weight is 501 g/mol. The van der Waals surface area contributed by atoms with Gasteiger partial charge in [-0.1, -0.05) is 18.2 Å². The van der Waals surface area contributed by atoms with Gasteiger partial charge in [0.25, 0.3) is 0 Å². The quantitative estimate of drug-likeness (QED) is 0.438. The van der Waals surface area contributed by atoms with E-state index in [9.17, 15) is 32.4 Å². The average Bonchev–Trinajstić information content (AvgIpc) is 2.81. The van der Waals surface area contributed by atoms with Crippen molar-refractivity contribution in [2.45, 2.75) is 38.8 Å². The lowest BCUT2D eigenvalue weighted by Gasteiger charge is -2.22. The predicted molar refractivity (Wildman–Crippen MR) is 126 cm³/mol. The summed E-state index contributed by atoms with van der Waals surface area (Å²) in [6, 6.07) is 7.97. The standard InChI is InChI=1S/C26H23F4N3O3/c1-4-36-23-12-16(6-10-22(23)34)15-5-9-21(20(27)11-15)33-24(35)32-17-7-8-18(25(2,3)14-31)19(13-17)26(28,29)30/h5-9,11-13H,4,10H2,1-3H3,(H2,32,33,35). The van der Waals surface area contributed by atoms with Gasteiger partial charge < -0.3 is 15.4 Å². The van der Waals surface area contributed by atoms with Gasteiger partial charge in [-0.25, -0.2) is 9.18 Å². The van der Waals surface area contributed by atoms with Crippen molar-refractivity contribution in [2.75, 3.05) is 17.2 Å². The number of hydrogen-bond acceptors (Lipinski definition) is 4. The number of carbonyl (C=O) groups is 2. The maximum Gasteiger partial charge on any atom is 0.416 e. The van der Waals surface area contributed by atoms with Crippen molar-refractivity contribution in [3.63, 3.8) is 0 Å². The zero-order valence-electron chi connectivity index (χ0n) is 19.7. The first kappa shape index (κ1) is 26.5. The molecule has 0 aromatic heterocycles. The first-order chi connectivity index (χ1) is 16.9. The fraction of sp³-hybridized carbons (Fsp3) is 0.269. The summed E-state index contributed by atoms with van der Waals surface area (Å²) >= 11 is 0. The molecule has 0 atom stereocenters. The van der Waals surface area contributed by atoms with E-state index in [-0.39, 0.29) is 34.9 Å². The van der Waals surface area contributed by atoms with Crippen molar-refractivity contribution in [1.29, 1.82) is 5.26 Å². The highest BCUT2D eigenvalue weighted by Crippen LogP contribution is 2.39. The Morgan fingerprint density at radius 1 is 1.11 bits per heavy atom. The van der Waals surface area contributed by atoms with Crippen LogP contribution in [0.25, 0.3) is 5.57 Å². The van der Waals surface area contributed by atoms with E-state index in [2.05, 4.69) is 10.6 Å². The van der Waals surface area contributed by atoms with Gasteiger partial charge in [0.15, 0.2) is 5.76 Å². The summed E-state index contributed by atoms with van der Waals surface area (Å²) in [6.45, 7) is 4.76. The fourth-order valence-electron chi connectivity index (χ4n) is 3.61. The highest BCUT2D eigenvalue weighted by molar-refractivity contribution is 6.02. The Balaban J connectivity index is 1.78. The zero-order valence-corrected chi connectivity index (χ0v) is 19.7. The van der Waals surface area contributed by atoms with Crippen LogP contribution in [0, 0.1) is 17.1 Å². The van der Waals surface area contributed by atoms with Crippen LogP contribution in [0.15, 0.2) is 54.3 Å². The maximum absolute atomic E-state index is 14.7. The molecule has 0 fully saturated rings. The number of rotatable bonds is 6. The van der Waals surface area contributed by atoms with E-state index in [0.717, 1.165) is 18.2 Å². The molecule has 6 nitrogen and oxygen atoms in total. The van der Waals surface area contributed by atoms with Crippen molar-refractivity contribution < 1.29 is 31.9 Å². The number of nitrogens with one attached hydrogen (secondary N) is 2. The topological polar surface area (TPSA) is 91.2 Å². The van der Waals surface area contributed by atoms with Gasteiger partial charge in [-0.3, -0.25) is 4.79 Å². The number of carbonyl (C=O) groups excluding carboxylic acids is 2. The second-order valence-electron chi connectivity index (χ2n) is 8.50. The molecule has 188 valence electrons. The monoisotopic (exact) mass is 501 g/mol. The molecular weight excluding hydrogens is 478 g/mol. The van der Waals surface area contributed by atoms with E-state index in [1.54, 1.807) is 13.0 Å². The molecule has 0 unspecified atom stereocenters. The van der Waals surface area contributed by atoms with Gasteiger partial charge >= 0.3 is 12.2 Å². The van der Waals surface area contributed by atoms with E-state index < -0.39 is 29.0 Å². The molecule has 0 spiro atoms. The molecule has 2 amide bonds. The van der Waals surface area contributed by atoms with Gasteiger partial charge in [0.05, 0.1) is 29.3 Å². The van der Waals surface area contributed by atoms with Gasteiger partial charge in [0.1, 0.15) is 5.82 Å². The smallest absolute Gasteiger partial charge is 0.416 e. The second kappa shape index (κ2) is 10.2. The zero-order chi connectivity index (χ0) is 26.7. The van der Waals surface area contributed by atoms with Crippen LogP contribution in [-0.2, 0) is 21.1 Å². The number of allylic oxidation sites excluding steroid dienone is 4. The maximum atomic E-state index is 14.7. The van der Waals surface area contributed by atoms with Crippen LogP contribution in [0.4, 0.5) is 33.7 Å². The lowest BCUT2D eigenvalue weighted by molar-refractivity contribution is -0.138. The number of alkyl halides is 3. The molecule has 2 aromatic rings. The first-order valence-corrected chi connectivity index (χ1v) is 10.9. The number of anilines is 2. The number of hydrogen-bond donors (Lipinski definition) is 2. The van der Waals surface area contributed by atoms with E-state index >= 15 is 0 Å². The number of urea groups is 1. The molecule has 0 saturated carbocycles. The Morgan fingerprint density at radius 3 is 2.44 bits per heavy atom. The first-order valence-electron chi connectivity index (χ1n) is 10.9. The van der Waals surface area contributed by atoms with Crippen LogP contribution in [0.5, 0.6) is 0 Å². The number of ketones is 1. The molecule has 1 aliphatic carbocycles. The number of ether oxygens (including phenoxy) is 1. The third kappa shape index (κ3) is 5.92. The molecule has 0 saturated heterocycles. The van der Waals surface area contributed by atoms with Crippen molar-refractivity contribution >= 4 is 28.8 Å². The minimum Gasteiger partial charge on any atom is -0.490 e. The van der Waals surface area contributed by atoms with Gasteiger partial charge in [-0.15, -0.1) is 0 Å². The van der Waals surface area contributed by atoms with Gasteiger partial charge in [0.2, 0.25) is 5.78 Å².